The molecule has 3 aromatic carbocycles. The maximum atomic E-state index is 12.3. The van der Waals surface area contributed by atoms with Crippen LogP contribution in [-0.4, -0.2) is 25.8 Å². The van der Waals surface area contributed by atoms with Gasteiger partial charge in [-0.2, -0.15) is 0 Å². The second-order valence-corrected chi connectivity index (χ2v) is 8.84. The van der Waals surface area contributed by atoms with Crippen LogP contribution in [0.15, 0.2) is 41.3 Å². The van der Waals surface area contributed by atoms with E-state index in [-0.39, 0.29) is 16.0 Å². The van der Waals surface area contributed by atoms with E-state index in [0.717, 1.165) is 17.0 Å². The molecule has 3 aromatic rings. The molecule has 0 N–H and O–H groups in total. The van der Waals surface area contributed by atoms with Crippen LogP contribution in [0.4, 0.5) is 0 Å². The zero-order valence-corrected chi connectivity index (χ0v) is 16.4. The molecular weight excluding hydrogens is 435 g/mol. The maximum Gasteiger partial charge on any atom is 0.175 e. The normalized spacial score (nSPS) is 12.0. The highest BCUT2D eigenvalue weighted by atomic mass is 79.9. The summed E-state index contributed by atoms with van der Waals surface area (Å²) in [5.74, 6) is -0.120. The number of hydrogen-bond acceptors (Lipinski definition) is 3. The van der Waals surface area contributed by atoms with Crippen LogP contribution in [0.3, 0.4) is 0 Å². The predicted octanol–water partition coefficient (Wildman–Crippen LogP) is 5.28. The van der Waals surface area contributed by atoms with Gasteiger partial charge in [0.05, 0.1) is 20.3 Å². The lowest BCUT2D eigenvalue weighted by Crippen LogP contribution is -2.02. The number of ketones is 1. The zero-order chi connectivity index (χ0) is 17.6. The molecule has 0 aliphatic heterocycles. The molecule has 3 nitrogen and oxygen atoms in total. The number of fused-ring (bicyclic) bond motifs is 3. The molecule has 0 aliphatic rings. The van der Waals surface area contributed by atoms with Crippen molar-refractivity contribution in [2.24, 2.45) is 0 Å². The Labute approximate surface area is 157 Å². The van der Waals surface area contributed by atoms with Crippen LogP contribution in [0.25, 0.3) is 21.5 Å². The van der Waals surface area contributed by atoms with Gasteiger partial charge in [-0.1, -0.05) is 45.2 Å². The Morgan fingerprint density at radius 2 is 1.62 bits per heavy atom. The van der Waals surface area contributed by atoms with Crippen LogP contribution < -0.4 is 0 Å². The maximum absolute atomic E-state index is 12.3. The van der Waals surface area contributed by atoms with Crippen molar-refractivity contribution in [3.05, 3.63) is 52.0 Å². The van der Waals surface area contributed by atoms with E-state index in [2.05, 4.69) is 15.9 Å². The standard InChI is InChI=1S/C17H11BrCl2O3S/c1-24(22,23)10-2-3-11-9(4-10)5-14(17(21)8-18)13-7-16(20)15(19)6-12(11)13/h2-7H,8H2,1H3. The Hall–Kier alpha value is -1.14. The highest BCUT2D eigenvalue weighted by Gasteiger charge is 2.16. The summed E-state index contributed by atoms with van der Waals surface area (Å²) >= 11 is 15.4. The van der Waals surface area contributed by atoms with E-state index in [1.165, 1.54) is 0 Å². The van der Waals surface area contributed by atoms with Crippen molar-refractivity contribution < 1.29 is 13.2 Å². The van der Waals surface area contributed by atoms with Gasteiger partial charge < -0.3 is 0 Å². The molecule has 0 spiro atoms. The minimum atomic E-state index is -3.34. The van der Waals surface area contributed by atoms with E-state index in [0.29, 0.717) is 26.4 Å². The quantitative estimate of drug-likeness (QED) is 0.313. The van der Waals surface area contributed by atoms with E-state index in [1.807, 2.05) is 0 Å². The van der Waals surface area contributed by atoms with E-state index in [1.54, 1.807) is 36.4 Å². The Balaban J connectivity index is 2.50. The summed E-state index contributed by atoms with van der Waals surface area (Å²) < 4.78 is 23.6. The van der Waals surface area contributed by atoms with Gasteiger partial charge in [0.2, 0.25) is 0 Å². The molecule has 24 heavy (non-hydrogen) atoms. The fraction of sp³-hybridized carbons (Fsp3) is 0.118. The summed E-state index contributed by atoms with van der Waals surface area (Å²) in [5, 5.41) is 3.80. The summed E-state index contributed by atoms with van der Waals surface area (Å²) in [6, 6.07) is 9.90. The van der Waals surface area contributed by atoms with Crippen molar-refractivity contribution >= 4 is 76.3 Å². The van der Waals surface area contributed by atoms with Gasteiger partial charge in [-0.3, -0.25) is 4.79 Å². The second-order valence-electron chi connectivity index (χ2n) is 5.45. The number of halogens is 3. The Morgan fingerprint density at radius 1 is 1.00 bits per heavy atom. The van der Waals surface area contributed by atoms with Crippen LogP contribution in [0.5, 0.6) is 0 Å². The first-order chi connectivity index (χ1) is 11.2. The van der Waals surface area contributed by atoms with Crippen molar-refractivity contribution in [3.8, 4) is 0 Å². The van der Waals surface area contributed by atoms with Gasteiger partial charge >= 0.3 is 0 Å². The van der Waals surface area contributed by atoms with E-state index >= 15 is 0 Å². The number of benzene rings is 3. The SMILES string of the molecule is CS(=O)(=O)c1ccc2c(c1)cc(C(=O)CBr)c1cc(Cl)c(Cl)cc12. The fourth-order valence-electron chi connectivity index (χ4n) is 2.66. The van der Waals surface area contributed by atoms with Gasteiger partial charge in [-0.25, -0.2) is 8.42 Å². The molecule has 0 bridgehead atoms. The molecular formula is C17H11BrCl2O3S. The topological polar surface area (TPSA) is 51.2 Å². The number of hydrogen-bond donors (Lipinski definition) is 0. The number of alkyl halides is 1. The third kappa shape index (κ3) is 3.06. The van der Waals surface area contributed by atoms with Gasteiger partial charge in [0.15, 0.2) is 15.6 Å². The first kappa shape index (κ1) is 17.7. The monoisotopic (exact) mass is 444 g/mol. The molecule has 7 heteroatoms. The number of carbonyl (C=O) groups is 1. The lowest BCUT2D eigenvalue weighted by Gasteiger charge is -2.11. The minimum absolute atomic E-state index is 0.120. The fourth-order valence-corrected chi connectivity index (χ4v) is 3.95. The van der Waals surface area contributed by atoms with Crippen molar-refractivity contribution in [3.63, 3.8) is 0 Å². The lowest BCUT2D eigenvalue weighted by atomic mass is 9.95. The minimum Gasteiger partial charge on any atom is -0.293 e. The third-order valence-electron chi connectivity index (χ3n) is 3.81. The zero-order valence-electron chi connectivity index (χ0n) is 12.4. The van der Waals surface area contributed by atoms with Crippen LogP contribution in [-0.2, 0) is 9.84 Å². The van der Waals surface area contributed by atoms with Crippen LogP contribution in [0, 0.1) is 0 Å². The van der Waals surface area contributed by atoms with Gasteiger partial charge in [-0.05, 0) is 51.9 Å². The molecule has 0 heterocycles. The summed E-state index contributed by atoms with van der Waals surface area (Å²) in [4.78, 5) is 12.5. The molecule has 124 valence electrons. The molecule has 0 unspecified atom stereocenters. The highest BCUT2D eigenvalue weighted by molar-refractivity contribution is 9.09. The molecule has 0 atom stereocenters. The van der Waals surface area contributed by atoms with Crippen molar-refractivity contribution in [2.45, 2.75) is 4.90 Å². The molecule has 0 aromatic heterocycles. The Bertz CT molecular complexity index is 1110. The molecule has 0 saturated carbocycles. The second kappa shape index (κ2) is 6.30. The van der Waals surface area contributed by atoms with E-state index in [9.17, 15) is 13.2 Å². The average Bonchev–Trinajstić information content (AvgIpc) is 2.53. The summed E-state index contributed by atoms with van der Waals surface area (Å²) in [6.07, 6.45) is 1.15. The third-order valence-corrected chi connectivity index (χ3v) is 6.16. The van der Waals surface area contributed by atoms with Crippen LogP contribution >= 0.6 is 39.1 Å². The molecule has 0 saturated heterocycles. The highest BCUT2D eigenvalue weighted by Crippen LogP contribution is 2.36. The largest absolute Gasteiger partial charge is 0.293 e. The number of Topliss-reactive ketones (excluding diaryl/α,β-unsaturated/α-hetero) is 1. The first-order valence-electron chi connectivity index (χ1n) is 6.87. The lowest BCUT2D eigenvalue weighted by molar-refractivity contribution is 0.102. The molecule has 0 fully saturated rings. The molecule has 0 aliphatic carbocycles. The average molecular weight is 446 g/mol. The number of sulfone groups is 1. The predicted molar refractivity (Wildman–Crippen MR) is 103 cm³/mol. The van der Waals surface area contributed by atoms with Gasteiger partial charge in [0, 0.05) is 11.8 Å². The molecule has 0 amide bonds. The van der Waals surface area contributed by atoms with Crippen molar-refractivity contribution in [2.75, 3.05) is 11.6 Å². The number of rotatable bonds is 3. The Morgan fingerprint density at radius 3 is 2.21 bits per heavy atom. The summed E-state index contributed by atoms with van der Waals surface area (Å²) in [7, 11) is -3.34. The van der Waals surface area contributed by atoms with Gasteiger partial charge in [-0.15, -0.1) is 0 Å². The first-order valence-corrected chi connectivity index (χ1v) is 10.6. The van der Waals surface area contributed by atoms with Crippen LogP contribution in [0.1, 0.15) is 10.4 Å². The molecule has 3 rings (SSSR count). The number of carbonyl (C=O) groups excluding carboxylic acids is 1. The van der Waals surface area contributed by atoms with Gasteiger partial charge in [0.25, 0.3) is 0 Å². The van der Waals surface area contributed by atoms with E-state index in [4.69, 9.17) is 23.2 Å². The van der Waals surface area contributed by atoms with Crippen molar-refractivity contribution in [1.82, 2.24) is 0 Å². The van der Waals surface area contributed by atoms with Gasteiger partial charge in [0.1, 0.15) is 0 Å². The summed E-state index contributed by atoms with van der Waals surface area (Å²) in [5.41, 5.74) is 0.471. The molecule has 0 radical (unpaired) electrons. The van der Waals surface area contributed by atoms with E-state index < -0.39 is 9.84 Å². The Kier molecular flexibility index (Phi) is 4.64. The summed E-state index contributed by atoms with van der Waals surface area (Å²) in [6.45, 7) is 0. The van der Waals surface area contributed by atoms with Crippen molar-refractivity contribution in [1.29, 1.82) is 0 Å². The van der Waals surface area contributed by atoms with Crippen LogP contribution in [0.2, 0.25) is 10.0 Å². The smallest absolute Gasteiger partial charge is 0.175 e.